The first-order valence-corrected chi connectivity index (χ1v) is 17.6. The van der Waals surface area contributed by atoms with E-state index in [0.717, 1.165) is 59.4 Å². The molecular formula is C39H49N3O6. The summed E-state index contributed by atoms with van der Waals surface area (Å²) in [7, 11) is 0. The van der Waals surface area contributed by atoms with Crippen LogP contribution in [0.5, 0.6) is 0 Å². The summed E-state index contributed by atoms with van der Waals surface area (Å²) in [6.07, 6.45) is 5.75. The van der Waals surface area contributed by atoms with Crippen molar-refractivity contribution in [2.24, 2.45) is 0 Å². The van der Waals surface area contributed by atoms with Crippen molar-refractivity contribution in [3.63, 3.8) is 0 Å². The summed E-state index contributed by atoms with van der Waals surface area (Å²) in [5.74, 6) is -1.05. The summed E-state index contributed by atoms with van der Waals surface area (Å²) in [6.45, 7) is 5.96. The number of aliphatic carboxylic acids is 1. The highest BCUT2D eigenvalue weighted by Crippen LogP contribution is 2.39. The number of carboxylic acids is 1. The topological polar surface area (TPSA) is 112 Å². The molecule has 256 valence electrons. The standard InChI is InChI=1S/C39H49N3O6/c43-27-28-12-14-30(15-13-28)36-23-34(26-42-22-6-8-33(42)25-41-20-3-4-21-41)47-39(48-36)31-18-16-29(17-19-31)35-9-2-1-7-32(35)24-40-37(44)10-5-11-38(45)46/h1-2,7,9,12-19,33-34,36,39,43H,3-6,8,10-11,20-27H2,(H,40,44)(H,45,46)/t33-,34-,36+,39+/m0/s1. The van der Waals surface area contributed by atoms with Gasteiger partial charge in [-0.1, -0.05) is 72.8 Å². The van der Waals surface area contributed by atoms with E-state index in [1.54, 1.807) is 0 Å². The van der Waals surface area contributed by atoms with Crippen LogP contribution < -0.4 is 5.32 Å². The molecule has 0 spiro atoms. The first-order chi connectivity index (χ1) is 23.4. The smallest absolute Gasteiger partial charge is 0.303 e. The molecule has 0 aromatic heterocycles. The van der Waals surface area contributed by atoms with Crippen LogP contribution in [0.3, 0.4) is 0 Å². The number of ether oxygens (including phenoxy) is 2. The summed E-state index contributed by atoms with van der Waals surface area (Å²) in [4.78, 5) is 28.4. The minimum atomic E-state index is -0.892. The summed E-state index contributed by atoms with van der Waals surface area (Å²) in [5.41, 5.74) is 5.98. The number of carboxylic acid groups (broad SMARTS) is 1. The molecule has 0 radical (unpaired) electrons. The van der Waals surface area contributed by atoms with Gasteiger partial charge in [0.05, 0.1) is 18.8 Å². The molecule has 3 saturated heterocycles. The average Bonchev–Trinajstić information content (AvgIpc) is 3.80. The van der Waals surface area contributed by atoms with Crippen LogP contribution in [0.1, 0.15) is 86.0 Å². The Morgan fingerprint density at radius 2 is 1.58 bits per heavy atom. The molecule has 3 aliphatic rings. The number of aliphatic hydroxyl groups is 1. The number of rotatable bonds is 14. The molecule has 0 saturated carbocycles. The van der Waals surface area contributed by atoms with Crippen molar-refractivity contribution in [1.82, 2.24) is 15.1 Å². The van der Waals surface area contributed by atoms with Gasteiger partial charge >= 0.3 is 5.97 Å². The molecule has 0 aliphatic carbocycles. The summed E-state index contributed by atoms with van der Waals surface area (Å²) >= 11 is 0. The van der Waals surface area contributed by atoms with E-state index < -0.39 is 12.3 Å². The van der Waals surface area contributed by atoms with Gasteiger partial charge in [0.25, 0.3) is 0 Å². The Morgan fingerprint density at radius 1 is 0.833 bits per heavy atom. The molecule has 3 aromatic rings. The fourth-order valence-corrected chi connectivity index (χ4v) is 7.36. The van der Waals surface area contributed by atoms with Gasteiger partial charge in [-0.25, -0.2) is 0 Å². The number of nitrogens with zero attached hydrogens (tertiary/aromatic N) is 2. The number of benzene rings is 3. The number of likely N-dealkylation sites (tertiary alicyclic amines) is 2. The van der Waals surface area contributed by atoms with Gasteiger partial charge in [0, 0.05) is 50.5 Å². The second-order valence-corrected chi connectivity index (χ2v) is 13.5. The van der Waals surface area contributed by atoms with Gasteiger partial charge in [-0.2, -0.15) is 0 Å². The zero-order chi connectivity index (χ0) is 33.3. The van der Waals surface area contributed by atoms with Gasteiger partial charge in [0.15, 0.2) is 6.29 Å². The van der Waals surface area contributed by atoms with E-state index in [4.69, 9.17) is 14.6 Å². The van der Waals surface area contributed by atoms with E-state index in [0.29, 0.717) is 19.0 Å². The van der Waals surface area contributed by atoms with E-state index in [9.17, 15) is 14.7 Å². The van der Waals surface area contributed by atoms with Gasteiger partial charge in [-0.05, 0) is 79.6 Å². The molecule has 1 amide bonds. The first-order valence-electron chi connectivity index (χ1n) is 17.6. The van der Waals surface area contributed by atoms with Crippen molar-refractivity contribution in [3.05, 3.63) is 95.1 Å². The number of hydrogen-bond donors (Lipinski definition) is 3. The number of nitrogens with one attached hydrogen (secondary N) is 1. The zero-order valence-electron chi connectivity index (χ0n) is 27.8. The van der Waals surface area contributed by atoms with E-state index in [2.05, 4.69) is 51.5 Å². The Balaban J connectivity index is 1.15. The van der Waals surface area contributed by atoms with Gasteiger partial charge < -0.3 is 29.9 Å². The van der Waals surface area contributed by atoms with E-state index in [1.165, 1.54) is 38.8 Å². The third-order valence-electron chi connectivity index (χ3n) is 10.0. The van der Waals surface area contributed by atoms with Gasteiger partial charge in [0.1, 0.15) is 0 Å². The lowest BCUT2D eigenvalue weighted by Gasteiger charge is -2.39. The van der Waals surface area contributed by atoms with Gasteiger partial charge in [-0.15, -0.1) is 0 Å². The normalized spacial score (nSPS) is 23.4. The van der Waals surface area contributed by atoms with Crippen LogP contribution >= 0.6 is 0 Å². The molecule has 3 heterocycles. The van der Waals surface area contributed by atoms with Crippen LogP contribution in [-0.4, -0.2) is 76.8 Å². The first kappa shape index (κ1) is 34.3. The largest absolute Gasteiger partial charge is 0.481 e. The Hall–Kier alpha value is -3.60. The van der Waals surface area contributed by atoms with Gasteiger partial charge in [-0.3, -0.25) is 14.5 Å². The Labute approximate surface area is 283 Å². The van der Waals surface area contributed by atoms with Crippen molar-refractivity contribution in [1.29, 1.82) is 0 Å². The van der Waals surface area contributed by atoms with Crippen LogP contribution in [0.4, 0.5) is 0 Å². The third kappa shape index (κ3) is 9.09. The summed E-state index contributed by atoms with van der Waals surface area (Å²) in [6, 6.07) is 24.9. The lowest BCUT2D eigenvalue weighted by atomic mass is 9.97. The zero-order valence-corrected chi connectivity index (χ0v) is 27.8. The highest BCUT2D eigenvalue weighted by Gasteiger charge is 2.36. The average molecular weight is 656 g/mol. The van der Waals surface area contributed by atoms with E-state index in [1.807, 2.05) is 36.4 Å². The van der Waals surface area contributed by atoms with Crippen LogP contribution in [0.25, 0.3) is 11.1 Å². The highest BCUT2D eigenvalue weighted by molar-refractivity contribution is 5.77. The molecule has 6 rings (SSSR count). The van der Waals surface area contributed by atoms with Crippen molar-refractivity contribution < 1.29 is 29.3 Å². The predicted octanol–water partition coefficient (Wildman–Crippen LogP) is 5.82. The monoisotopic (exact) mass is 655 g/mol. The fourth-order valence-electron chi connectivity index (χ4n) is 7.36. The van der Waals surface area contributed by atoms with Crippen molar-refractivity contribution in [3.8, 4) is 11.1 Å². The number of hydrogen-bond acceptors (Lipinski definition) is 7. The van der Waals surface area contributed by atoms with Crippen LogP contribution in [0.2, 0.25) is 0 Å². The van der Waals surface area contributed by atoms with Crippen LogP contribution in [-0.2, 0) is 32.2 Å². The Morgan fingerprint density at radius 3 is 2.33 bits per heavy atom. The van der Waals surface area contributed by atoms with Crippen LogP contribution in [0, 0.1) is 0 Å². The third-order valence-corrected chi connectivity index (χ3v) is 10.0. The molecule has 3 aromatic carbocycles. The van der Waals surface area contributed by atoms with Gasteiger partial charge in [0.2, 0.25) is 5.91 Å². The Kier molecular flexibility index (Phi) is 11.9. The maximum absolute atomic E-state index is 12.3. The minimum Gasteiger partial charge on any atom is -0.481 e. The van der Waals surface area contributed by atoms with E-state index >= 15 is 0 Å². The van der Waals surface area contributed by atoms with Crippen molar-refractivity contribution in [2.45, 2.75) is 89.1 Å². The molecule has 9 nitrogen and oxygen atoms in total. The Bertz CT molecular complexity index is 1490. The number of amides is 1. The summed E-state index contributed by atoms with van der Waals surface area (Å²) < 4.78 is 13.4. The van der Waals surface area contributed by atoms with Crippen molar-refractivity contribution >= 4 is 11.9 Å². The lowest BCUT2D eigenvalue weighted by Crippen LogP contribution is -2.45. The fraction of sp³-hybridized carbons (Fsp3) is 0.487. The second kappa shape index (κ2) is 16.7. The maximum atomic E-state index is 12.3. The molecule has 0 bridgehead atoms. The SMILES string of the molecule is O=C(O)CCCC(=O)NCc1ccccc1-c1ccc([C@@H]2O[C@H](CN3CCC[C@H]3CN3CCCC3)C[C@H](c3ccc(CO)cc3)O2)cc1. The maximum Gasteiger partial charge on any atom is 0.303 e. The molecule has 3 aliphatic heterocycles. The van der Waals surface area contributed by atoms with Crippen LogP contribution in [0.15, 0.2) is 72.8 Å². The number of carbonyl (C=O) groups is 2. The van der Waals surface area contributed by atoms with Crippen molar-refractivity contribution in [2.75, 3.05) is 32.7 Å². The highest BCUT2D eigenvalue weighted by atomic mass is 16.7. The quantitative estimate of drug-likeness (QED) is 0.199. The molecule has 48 heavy (non-hydrogen) atoms. The molecule has 0 unspecified atom stereocenters. The number of aliphatic hydroxyl groups excluding tert-OH is 1. The second-order valence-electron chi connectivity index (χ2n) is 13.5. The molecule has 3 N–H and O–H groups in total. The molecule has 9 heteroatoms. The summed E-state index contributed by atoms with van der Waals surface area (Å²) in [5, 5.41) is 21.4. The number of carbonyl (C=O) groups excluding carboxylic acids is 1. The van der Waals surface area contributed by atoms with E-state index in [-0.39, 0.29) is 37.6 Å². The minimum absolute atomic E-state index is 0.0141. The molecular weight excluding hydrogens is 606 g/mol. The molecule has 4 atom stereocenters. The molecule has 3 fully saturated rings. The lowest BCUT2D eigenvalue weighted by molar-refractivity contribution is -0.253. The predicted molar refractivity (Wildman–Crippen MR) is 184 cm³/mol.